The zero-order valence-electron chi connectivity index (χ0n) is 56.5. The van der Waals surface area contributed by atoms with Crippen LogP contribution in [0.1, 0.15) is 70.8 Å². The van der Waals surface area contributed by atoms with Crippen LogP contribution in [-0.2, 0) is 16.2 Å². The lowest BCUT2D eigenvalue weighted by atomic mass is 9.69. The van der Waals surface area contributed by atoms with Gasteiger partial charge in [0.1, 0.15) is 0 Å². The highest BCUT2D eigenvalue weighted by Crippen LogP contribution is 2.47. The molecule has 0 aromatic heterocycles. The fourth-order valence-electron chi connectivity index (χ4n) is 14.0. The Morgan fingerprint density at radius 2 is 0.410 bits per heavy atom. The van der Waals surface area contributed by atoms with Crippen molar-refractivity contribution in [1.29, 1.82) is 0 Å². The molecule has 100 heavy (non-hydrogen) atoms. The van der Waals surface area contributed by atoms with Gasteiger partial charge in [0.25, 0.3) is 0 Å². The smallest absolute Gasteiger partial charge is 0.0423 e. The number of fused-ring (bicyclic) bond motifs is 2. The zero-order chi connectivity index (χ0) is 69.5. The summed E-state index contributed by atoms with van der Waals surface area (Å²) in [6.45, 7) is 6.80. The van der Waals surface area contributed by atoms with Crippen LogP contribution in [0.15, 0.2) is 346 Å². The highest BCUT2D eigenvalue weighted by atomic mass is 14.6. The third-order valence-electron chi connectivity index (χ3n) is 20.1. The first-order valence-corrected chi connectivity index (χ1v) is 33.7. The van der Waals surface area contributed by atoms with E-state index < -0.39 is 5.41 Å². The molecule has 0 unspecified atom stereocenters. The first-order valence-electron chi connectivity index (χ1n) is 33.7. The molecule has 8 heteroatoms. The molecule has 0 radical (unpaired) electrons. The van der Waals surface area contributed by atoms with Crippen molar-refractivity contribution in [3.05, 3.63) is 396 Å². The number of nitrogens with two attached hydrogens (primary N) is 8. The van der Waals surface area contributed by atoms with Crippen molar-refractivity contribution >= 4 is 67.0 Å². The van der Waals surface area contributed by atoms with Gasteiger partial charge in [0.2, 0.25) is 0 Å². The van der Waals surface area contributed by atoms with Crippen LogP contribution in [0.5, 0.6) is 0 Å². The summed E-state index contributed by atoms with van der Waals surface area (Å²) in [6.07, 6.45) is 0. The van der Waals surface area contributed by atoms with E-state index in [1.165, 1.54) is 60.8 Å². The molecule has 0 fully saturated rings. The van der Waals surface area contributed by atoms with Crippen LogP contribution < -0.4 is 45.9 Å². The Morgan fingerprint density at radius 3 is 0.780 bits per heavy atom. The van der Waals surface area contributed by atoms with Crippen LogP contribution >= 0.6 is 0 Å². The third-order valence-corrected chi connectivity index (χ3v) is 20.1. The van der Waals surface area contributed by atoms with Gasteiger partial charge in [-0.05, 0) is 212 Å². The fourth-order valence-corrected chi connectivity index (χ4v) is 14.0. The topological polar surface area (TPSA) is 208 Å². The van der Waals surface area contributed by atoms with Gasteiger partial charge in [0, 0.05) is 84.0 Å². The van der Waals surface area contributed by atoms with E-state index in [0.717, 1.165) is 78.0 Å². The van der Waals surface area contributed by atoms with E-state index in [9.17, 15) is 0 Å². The van der Waals surface area contributed by atoms with Crippen LogP contribution in [0, 0.1) is 0 Å². The molecular formula is C92H82N8. The summed E-state index contributed by atoms with van der Waals surface area (Å²) in [5, 5.41) is 4.66. The molecule has 490 valence electrons. The maximum absolute atomic E-state index is 6.55. The van der Waals surface area contributed by atoms with E-state index in [2.05, 4.69) is 245 Å². The Kier molecular flexibility index (Phi) is 18.5. The first-order chi connectivity index (χ1) is 48.5. The Hall–Kier alpha value is -12.8. The molecule has 0 amide bonds. The average molecular weight is 1300 g/mol. The van der Waals surface area contributed by atoms with E-state index in [0.29, 0.717) is 22.7 Å². The lowest BCUT2D eigenvalue weighted by Gasteiger charge is -2.33. The minimum atomic E-state index is -0.562. The van der Waals surface area contributed by atoms with Crippen molar-refractivity contribution in [2.45, 2.75) is 37.0 Å². The summed E-state index contributed by atoms with van der Waals surface area (Å²) in [7, 11) is 0. The third kappa shape index (κ3) is 13.3. The second-order valence-corrected chi connectivity index (χ2v) is 26.3. The molecule has 0 saturated heterocycles. The monoisotopic (exact) mass is 1300 g/mol. The van der Waals surface area contributed by atoms with Crippen molar-refractivity contribution < 1.29 is 0 Å². The molecule has 0 aliphatic heterocycles. The SMILES string of the molecule is CC(c1ccc(-c2ccccc2)cc1)(c1ccc(N)c(-c2ccccc2N)c1)c1ccc(N)c(-c2ccccc2N)c1.CC(c1ccc(-c2ccccc2)cc1)(c1ccc2cc(N)ccc2c1)c1ccc2cc(N)ccc2c1.CC(c1ccccc1)(c1ccc(N)cc1)c1ccc(N)cc1. The van der Waals surface area contributed by atoms with Crippen molar-refractivity contribution in [2.75, 3.05) is 45.9 Å². The largest absolute Gasteiger partial charge is 0.399 e. The average Bonchev–Trinajstić information content (AvgIpc) is 0.620. The van der Waals surface area contributed by atoms with Gasteiger partial charge < -0.3 is 45.9 Å². The Morgan fingerprint density at radius 1 is 0.170 bits per heavy atom. The summed E-state index contributed by atoms with van der Waals surface area (Å²) < 4.78 is 0. The molecule has 15 aromatic carbocycles. The highest BCUT2D eigenvalue weighted by Gasteiger charge is 2.35. The minimum Gasteiger partial charge on any atom is -0.399 e. The maximum Gasteiger partial charge on any atom is 0.0423 e. The Bertz CT molecular complexity index is 5120. The number of hydrogen-bond acceptors (Lipinski definition) is 8. The number of hydrogen-bond donors (Lipinski definition) is 8. The van der Waals surface area contributed by atoms with Gasteiger partial charge >= 0.3 is 0 Å². The fraction of sp³-hybridized carbons (Fsp3) is 0.0652. The maximum atomic E-state index is 6.55. The number of rotatable bonds is 13. The van der Waals surface area contributed by atoms with Crippen molar-refractivity contribution in [1.82, 2.24) is 0 Å². The Labute approximate surface area is 586 Å². The zero-order valence-corrected chi connectivity index (χ0v) is 56.5. The molecule has 0 aliphatic carbocycles. The number of nitrogen functional groups attached to an aromatic ring is 8. The minimum absolute atomic E-state index is 0.247. The van der Waals surface area contributed by atoms with Crippen LogP contribution in [-0.4, -0.2) is 0 Å². The summed E-state index contributed by atoms with van der Waals surface area (Å²) in [4.78, 5) is 0. The predicted molar refractivity (Wildman–Crippen MR) is 427 cm³/mol. The van der Waals surface area contributed by atoms with Gasteiger partial charge in [-0.3, -0.25) is 0 Å². The summed E-state index contributed by atoms with van der Waals surface area (Å²) >= 11 is 0. The normalized spacial score (nSPS) is 11.5. The number of benzene rings is 15. The van der Waals surface area contributed by atoms with Gasteiger partial charge in [0.05, 0.1) is 0 Å². The van der Waals surface area contributed by atoms with E-state index in [1.807, 2.05) is 121 Å². The van der Waals surface area contributed by atoms with Crippen LogP contribution in [0.4, 0.5) is 45.5 Å². The second-order valence-electron chi connectivity index (χ2n) is 26.3. The van der Waals surface area contributed by atoms with E-state index in [1.54, 1.807) is 0 Å². The van der Waals surface area contributed by atoms with Gasteiger partial charge in [-0.15, -0.1) is 0 Å². The van der Waals surface area contributed by atoms with Crippen LogP contribution in [0.3, 0.4) is 0 Å². The summed E-state index contributed by atoms with van der Waals surface area (Å²) in [6, 6.07) is 119. The van der Waals surface area contributed by atoms with Gasteiger partial charge in [-0.1, -0.05) is 249 Å². The summed E-state index contributed by atoms with van der Waals surface area (Å²) in [5.74, 6) is 0. The van der Waals surface area contributed by atoms with Gasteiger partial charge in [0.15, 0.2) is 0 Å². The van der Waals surface area contributed by atoms with Gasteiger partial charge in [-0.25, -0.2) is 0 Å². The molecular weight excluding hydrogens is 1220 g/mol. The van der Waals surface area contributed by atoms with Crippen molar-refractivity contribution in [2.24, 2.45) is 0 Å². The van der Waals surface area contributed by atoms with E-state index >= 15 is 0 Å². The van der Waals surface area contributed by atoms with Crippen LogP contribution in [0.2, 0.25) is 0 Å². The van der Waals surface area contributed by atoms with Gasteiger partial charge in [-0.2, -0.15) is 0 Å². The lowest BCUT2D eigenvalue weighted by molar-refractivity contribution is 0.693. The molecule has 8 nitrogen and oxygen atoms in total. The lowest BCUT2D eigenvalue weighted by Crippen LogP contribution is -2.26. The highest BCUT2D eigenvalue weighted by molar-refractivity contribution is 5.90. The Balaban J connectivity index is 0.000000141. The molecule has 0 atom stereocenters. The quantitative estimate of drug-likeness (QED) is 0.0410. The predicted octanol–water partition coefficient (Wildman–Crippen LogP) is 20.8. The standard InChI is InChI=1S/C38H34N4.C34H28N2.C20H20N2/c1-38(27-17-15-26(16-18-27)25-9-3-2-4-10-25,28-19-21-36(41)32(23-28)30-11-5-7-13-34(30)39)29-20-22-37(42)33(24-29)31-12-6-8-14-35(31)40;1-34(30-15-9-27-21-32(35)17-11-25(27)19-30,31-16-10-28-22-33(36)18-12-26(28)20-31)29-13-7-24(8-14-29)23-5-3-2-4-6-23;1-20(15-5-3-2-4-6-15,16-7-11-18(21)12-8-16)17-9-13-19(22)14-10-17/h2-24H,39-42H2,1H3;2-22H,35-36H2,1H3;2-14H,21-22H2,1H3. The number of para-hydroxylation sites is 2. The molecule has 0 aliphatic rings. The molecule has 15 rings (SSSR count). The van der Waals surface area contributed by atoms with Crippen LogP contribution in [0.25, 0.3) is 66.1 Å². The molecule has 0 heterocycles. The molecule has 0 spiro atoms. The second kappa shape index (κ2) is 28.1. The molecule has 15 aromatic rings. The first kappa shape index (κ1) is 65.9. The number of anilines is 8. The molecule has 16 N–H and O–H groups in total. The van der Waals surface area contributed by atoms with Crippen molar-refractivity contribution in [3.63, 3.8) is 0 Å². The van der Waals surface area contributed by atoms with E-state index in [-0.39, 0.29) is 10.8 Å². The molecule has 0 bridgehead atoms. The summed E-state index contributed by atoms with van der Waals surface area (Å²) in [5.41, 5.74) is 73.4. The van der Waals surface area contributed by atoms with Crippen molar-refractivity contribution in [3.8, 4) is 44.5 Å². The molecule has 0 saturated carbocycles. The van der Waals surface area contributed by atoms with E-state index in [4.69, 9.17) is 45.9 Å².